The molecule has 2 aromatic carbocycles. The summed E-state index contributed by atoms with van der Waals surface area (Å²) in [6.07, 6.45) is -0.170. The van der Waals surface area contributed by atoms with Crippen molar-refractivity contribution in [2.75, 3.05) is 7.11 Å². The molecule has 0 aliphatic carbocycles. The Labute approximate surface area is 212 Å². The number of fused-ring (bicyclic) bond motifs is 1. The maximum Gasteiger partial charge on any atom is 0.307 e. The third-order valence-corrected chi connectivity index (χ3v) is 4.42. The summed E-state index contributed by atoms with van der Waals surface area (Å²) in [4.78, 5) is 24.3. The molecule has 0 amide bonds. The van der Waals surface area contributed by atoms with E-state index in [4.69, 9.17) is 16.3 Å². The first-order valence-electron chi connectivity index (χ1n) is 7.62. The van der Waals surface area contributed by atoms with Crippen molar-refractivity contribution in [3.05, 3.63) is 64.3 Å². The Kier molecular flexibility index (Phi) is 17.9. The predicted molar refractivity (Wildman–Crippen MR) is 120 cm³/mol. The first kappa shape index (κ1) is 36.6. The number of carbonyl (C=O) groups is 2. The van der Waals surface area contributed by atoms with E-state index in [1.165, 1.54) is 4.57 Å². The number of ether oxygens (including phenoxy) is 1. The Morgan fingerprint density at radius 3 is 2.03 bits per heavy atom. The molecule has 1 heterocycles. The van der Waals surface area contributed by atoms with Crippen molar-refractivity contribution in [3.63, 3.8) is 0 Å². The van der Waals surface area contributed by atoms with Gasteiger partial charge in [0.1, 0.15) is 5.75 Å². The Morgan fingerprint density at radius 2 is 1.55 bits per heavy atom. The normalized spacial score (nSPS) is 8.74. The summed E-state index contributed by atoms with van der Waals surface area (Å²) >= 11 is 5.89. The summed E-state index contributed by atoms with van der Waals surface area (Å²) in [7, 11) is 1.54. The van der Waals surface area contributed by atoms with E-state index in [1.807, 2.05) is 0 Å². The molecule has 10 nitrogen and oxygen atoms in total. The van der Waals surface area contributed by atoms with E-state index in [1.54, 1.807) is 56.5 Å². The van der Waals surface area contributed by atoms with Crippen molar-refractivity contribution >= 4 is 72.1 Å². The van der Waals surface area contributed by atoms with Crippen LogP contribution in [-0.4, -0.2) is 93.8 Å². The van der Waals surface area contributed by atoms with Gasteiger partial charge in [-0.3, -0.25) is 14.2 Å². The van der Waals surface area contributed by atoms with E-state index >= 15 is 0 Å². The molecular weight excluding hydrogens is 462 g/mol. The number of hydrogen-bond acceptors (Lipinski definition) is 3. The zero-order valence-corrected chi connectivity index (χ0v) is 19.9. The number of hydrogen-bond donors (Lipinski definition) is 1. The number of aromatic nitrogens is 1. The van der Waals surface area contributed by atoms with E-state index in [-0.39, 0.29) is 77.4 Å². The molecule has 0 unspecified atom stereocenters. The molecule has 2 radical (unpaired) electrons. The Morgan fingerprint density at radius 1 is 1.00 bits per heavy atom. The zero-order valence-electron chi connectivity index (χ0n) is 17.0. The van der Waals surface area contributed by atoms with Gasteiger partial charge >= 0.3 is 5.97 Å². The summed E-state index contributed by atoms with van der Waals surface area (Å²) in [5.41, 5.74) is 2.32. The first-order chi connectivity index (χ1) is 11.9. The maximum absolute atomic E-state index is 13.0. The largest absolute Gasteiger partial charge is 0.497 e. The Balaban J connectivity index is -0.000000607. The number of rotatable bonds is 4. The smallest absolute Gasteiger partial charge is 0.307 e. The number of benzene rings is 2. The SMILES string of the molecule is COc1ccc2c(c1)c(CC(=O)O)c(C)n2C(=O)c1ccc(Cl)cc1.O.O.O.O.O.[Ca]. The molecular formula is C19H26CaClNO9. The molecule has 11 N–H and O–H groups in total. The van der Waals surface area contributed by atoms with Gasteiger partial charge in [-0.1, -0.05) is 11.6 Å². The van der Waals surface area contributed by atoms with Gasteiger partial charge < -0.3 is 37.2 Å². The molecule has 170 valence electrons. The van der Waals surface area contributed by atoms with Crippen LogP contribution >= 0.6 is 11.6 Å². The van der Waals surface area contributed by atoms with Crippen molar-refractivity contribution in [2.45, 2.75) is 13.3 Å². The fourth-order valence-electron chi connectivity index (χ4n) is 2.95. The number of carboxylic acids is 1. The molecule has 0 saturated heterocycles. The fourth-order valence-corrected chi connectivity index (χ4v) is 3.07. The second-order valence-corrected chi connectivity index (χ2v) is 6.10. The molecule has 0 saturated carbocycles. The summed E-state index contributed by atoms with van der Waals surface area (Å²) in [6, 6.07) is 11.9. The number of carboxylic acid groups (broad SMARTS) is 1. The van der Waals surface area contributed by atoms with Crippen LogP contribution in [0.1, 0.15) is 21.6 Å². The Bertz CT molecular complexity index is 990. The second kappa shape index (κ2) is 15.1. The van der Waals surface area contributed by atoms with Crippen molar-refractivity contribution in [1.29, 1.82) is 0 Å². The fraction of sp³-hybridized carbons (Fsp3) is 0.158. The molecule has 0 bridgehead atoms. The van der Waals surface area contributed by atoms with Crippen LogP contribution in [0.4, 0.5) is 0 Å². The molecule has 0 atom stereocenters. The van der Waals surface area contributed by atoms with E-state index in [2.05, 4.69) is 0 Å². The van der Waals surface area contributed by atoms with Crippen molar-refractivity contribution in [1.82, 2.24) is 4.57 Å². The van der Waals surface area contributed by atoms with Gasteiger partial charge in [-0.2, -0.15) is 0 Å². The van der Waals surface area contributed by atoms with Gasteiger partial charge in [-0.15, -0.1) is 0 Å². The average molecular weight is 488 g/mol. The molecule has 0 fully saturated rings. The number of carbonyl (C=O) groups excluding carboxylic acids is 1. The zero-order chi connectivity index (χ0) is 18.1. The van der Waals surface area contributed by atoms with Crippen LogP contribution in [0.25, 0.3) is 10.9 Å². The summed E-state index contributed by atoms with van der Waals surface area (Å²) < 4.78 is 6.77. The van der Waals surface area contributed by atoms with Crippen molar-refractivity contribution < 1.29 is 46.8 Å². The van der Waals surface area contributed by atoms with Crippen LogP contribution in [0.15, 0.2) is 42.5 Å². The van der Waals surface area contributed by atoms with Crippen LogP contribution in [0.2, 0.25) is 5.02 Å². The number of methoxy groups -OCH3 is 1. The molecule has 3 aromatic rings. The third kappa shape index (κ3) is 7.42. The van der Waals surface area contributed by atoms with Gasteiger partial charge in [0.05, 0.1) is 19.0 Å². The third-order valence-electron chi connectivity index (χ3n) is 4.16. The summed E-state index contributed by atoms with van der Waals surface area (Å²) in [5.74, 6) is -0.583. The number of aliphatic carboxylic acids is 1. The van der Waals surface area contributed by atoms with Crippen LogP contribution in [0.3, 0.4) is 0 Å². The summed E-state index contributed by atoms with van der Waals surface area (Å²) in [6.45, 7) is 1.75. The van der Waals surface area contributed by atoms with Gasteiger partial charge in [0.15, 0.2) is 0 Å². The quantitative estimate of drug-likeness (QED) is 0.476. The molecule has 0 aliphatic rings. The van der Waals surface area contributed by atoms with Gasteiger partial charge in [0, 0.05) is 59.4 Å². The monoisotopic (exact) mass is 487 g/mol. The topological polar surface area (TPSA) is 226 Å². The molecule has 0 spiro atoms. The van der Waals surface area contributed by atoms with Gasteiger partial charge in [-0.25, -0.2) is 0 Å². The van der Waals surface area contributed by atoms with E-state index < -0.39 is 5.97 Å². The molecule has 12 heteroatoms. The van der Waals surface area contributed by atoms with E-state index in [0.717, 1.165) is 0 Å². The Hall–Kier alpha value is -1.73. The number of nitrogens with zero attached hydrogens (tertiary/aromatic N) is 1. The van der Waals surface area contributed by atoms with E-state index in [0.29, 0.717) is 38.5 Å². The van der Waals surface area contributed by atoms with Crippen molar-refractivity contribution in [2.24, 2.45) is 0 Å². The van der Waals surface area contributed by atoms with Gasteiger partial charge in [0.2, 0.25) is 0 Å². The minimum absolute atomic E-state index is 0. The predicted octanol–water partition coefficient (Wildman–Crippen LogP) is -0.577. The molecule has 31 heavy (non-hydrogen) atoms. The van der Waals surface area contributed by atoms with Crippen LogP contribution in [-0.2, 0) is 11.2 Å². The van der Waals surface area contributed by atoms with Crippen LogP contribution < -0.4 is 4.74 Å². The molecule has 0 aliphatic heterocycles. The van der Waals surface area contributed by atoms with E-state index in [9.17, 15) is 14.7 Å². The van der Waals surface area contributed by atoms with Gasteiger partial charge in [0.25, 0.3) is 5.91 Å². The molecule has 3 rings (SSSR count). The minimum atomic E-state index is -0.955. The standard InChI is InChI=1S/C19H16ClNO4.Ca.5H2O/c1-11-15(10-18(22)23)16-9-14(25-2)7-8-17(16)21(11)19(24)12-3-5-13(20)6-4-12;;;;;;/h3-9H,10H2,1-2H3,(H,22,23);;5*1H2. The minimum Gasteiger partial charge on any atom is -0.497 e. The second-order valence-electron chi connectivity index (χ2n) is 5.67. The van der Waals surface area contributed by atoms with Crippen LogP contribution in [0, 0.1) is 6.92 Å². The average Bonchev–Trinajstić information content (AvgIpc) is 2.86. The first-order valence-corrected chi connectivity index (χ1v) is 8.00. The van der Waals surface area contributed by atoms with Crippen LogP contribution in [0.5, 0.6) is 5.75 Å². The molecule has 1 aromatic heterocycles. The maximum atomic E-state index is 13.0. The summed E-state index contributed by atoms with van der Waals surface area (Å²) in [5, 5.41) is 10.5. The van der Waals surface area contributed by atoms with Gasteiger partial charge in [-0.05, 0) is 55.0 Å². The number of halogens is 1. The van der Waals surface area contributed by atoms with Crippen molar-refractivity contribution in [3.8, 4) is 5.75 Å².